The van der Waals surface area contributed by atoms with Crippen molar-refractivity contribution in [3.05, 3.63) is 62.7 Å². The minimum Gasteiger partial charge on any atom is -0.354 e. The molecule has 0 aliphatic carbocycles. The van der Waals surface area contributed by atoms with Crippen LogP contribution in [0.25, 0.3) is 11.0 Å². The fraction of sp³-hybridized carbons (Fsp3) is 0.333. The maximum absolute atomic E-state index is 13.2. The van der Waals surface area contributed by atoms with Gasteiger partial charge >= 0.3 is 5.69 Å². The predicted molar refractivity (Wildman–Crippen MR) is 97.9 cm³/mol. The maximum atomic E-state index is 13.2. The average molecular weight is 357 g/mol. The van der Waals surface area contributed by atoms with Gasteiger partial charge in [-0.3, -0.25) is 14.3 Å². The van der Waals surface area contributed by atoms with E-state index in [1.807, 2.05) is 13.0 Å². The first-order valence-corrected chi connectivity index (χ1v) is 8.56. The van der Waals surface area contributed by atoms with Crippen LogP contribution in [-0.2, 0) is 13.0 Å². The van der Waals surface area contributed by atoms with Crippen LogP contribution in [0.1, 0.15) is 25.3 Å². The van der Waals surface area contributed by atoms with Crippen molar-refractivity contribution in [2.75, 3.05) is 11.9 Å². The van der Waals surface area contributed by atoms with Gasteiger partial charge in [0.1, 0.15) is 11.2 Å². The molecule has 7 nitrogen and oxygen atoms in total. The van der Waals surface area contributed by atoms with E-state index in [0.717, 1.165) is 18.4 Å². The first-order valence-electron chi connectivity index (χ1n) is 8.56. The number of rotatable bonds is 7. The summed E-state index contributed by atoms with van der Waals surface area (Å²) in [5.41, 5.74) is 0.199. The number of hydrogen-bond donors (Lipinski definition) is 2. The molecule has 8 heteroatoms. The minimum absolute atomic E-state index is 0.205. The van der Waals surface area contributed by atoms with E-state index in [4.69, 9.17) is 0 Å². The van der Waals surface area contributed by atoms with Crippen LogP contribution in [0.3, 0.4) is 0 Å². The van der Waals surface area contributed by atoms with Gasteiger partial charge in [0, 0.05) is 19.3 Å². The zero-order valence-electron chi connectivity index (χ0n) is 14.5. The first kappa shape index (κ1) is 17.8. The van der Waals surface area contributed by atoms with Crippen LogP contribution in [0.4, 0.5) is 10.3 Å². The summed E-state index contributed by atoms with van der Waals surface area (Å²) in [6.07, 6.45) is 3.63. The second-order valence-corrected chi connectivity index (χ2v) is 6.00. The number of unbranched alkanes of at least 4 members (excludes halogenated alkanes) is 1. The van der Waals surface area contributed by atoms with Crippen LogP contribution in [0, 0.1) is 5.82 Å². The number of aromatic nitrogens is 4. The summed E-state index contributed by atoms with van der Waals surface area (Å²) in [5.74, 6) is 0.0247. The summed E-state index contributed by atoms with van der Waals surface area (Å²) in [4.78, 5) is 35.5. The van der Waals surface area contributed by atoms with Gasteiger partial charge in [-0.05, 0) is 30.5 Å². The molecule has 0 unspecified atom stereocenters. The molecule has 0 aliphatic heterocycles. The normalized spacial score (nSPS) is 11.0. The summed E-state index contributed by atoms with van der Waals surface area (Å²) in [5, 5.41) is 3.29. The smallest absolute Gasteiger partial charge is 0.329 e. The largest absolute Gasteiger partial charge is 0.354 e. The summed E-state index contributed by atoms with van der Waals surface area (Å²) in [6, 6.07) is 6.36. The Hall–Kier alpha value is -3.03. The Bertz CT molecular complexity index is 1030. The molecule has 3 aromatic rings. The van der Waals surface area contributed by atoms with Crippen molar-refractivity contribution >= 4 is 17.0 Å². The van der Waals surface area contributed by atoms with Crippen LogP contribution >= 0.6 is 0 Å². The number of halogens is 1. The van der Waals surface area contributed by atoms with Crippen LogP contribution in [0.5, 0.6) is 0 Å². The molecule has 0 aliphatic rings. The number of hydrogen-bond acceptors (Lipinski definition) is 5. The average Bonchev–Trinajstić information content (AvgIpc) is 2.61. The van der Waals surface area contributed by atoms with Crippen molar-refractivity contribution in [1.29, 1.82) is 0 Å². The van der Waals surface area contributed by atoms with E-state index in [1.165, 1.54) is 22.9 Å². The molecule has 0 fully saturated rings. The highest BCUT2D eigenvalue weighted by Crippen LogP contribution is 2.07. The van der Waals surface area contributed by atoms with Gasteiger partial charge in [-0.15, -0.1) is 0 Å². The van der Waals surface area contributed by atoms with Gasteiger partial charge in [-0.25, -0.2) is 14.2 Å². The molecule has 0 saturated heterocycles. The van der Waals surface area contributed by atoms with E-state index >= 15 is 0 Å². The highest BCUT2D eigenvalue weighted by atomic mass is 19.1. The number of nitrogens with one attached hydrogen (secondary N) is 2. The van der Waals surface area contributed by atoms with Crippen molar-refractivity contribution < 1.29 is 4.39 Å². The molecule has 0 bridgehead atoms. The van der Waals surface area contributed by atoms with E-state index < -0.39 is 5.69 Å². The Morgan fingerprint density at radius 3 is 2.92 bits per heavy atom. The predicted octanol–water partition coefficient (Wildman–Crippen LogP) is 2.07. The first-order chi connectivity index (χ1) is 12.6. The molecule has 0 atom stereocenters. The van der Waals surface area contributed by atoms with Crippen LogP contribution in [0.2, 0.25) is 0 Å². The molecule has 0 radical (unpaired) electrons. The summed E-state index contributed by atoms with van der Waals surface area (Å²) in [7, 11) is 0. The van der Waals surface area contributed by atoms with E-state index in [0.29, 0.717) is 25.5 Å². The summed E-state index contributed by atoms with van der Waals surface area (Å²) in [6.45, 7) is 2.85. The highest BCUT2D eigenvalue weighted by Gasteiger charge is 2.09. The standard InChI is InChI=1S/C18H20FN5O2/c1-2-3-9-24-16(25)14-11-21-17(22-15(14)23-18(24)26)20-8-7-12-5-4-6-13(19)10-12/h4-6,10-11H,2-3,7-9H2,1H3,(H2,20,21,22,23,26). The molecule has 3 rings (SSSR count). The summed E-state index contributed by atoms with van der Waals surface area (Å²) < 4.78 is 14.3. The lowest BCUT2D eigenvalue weighted by Gasteiger charge is -2.07. The summed E-state index contributed by atoms with van der Waals surface area (Å²) >= 11 is 0. The lowest BCUT2D eigenvalue weighted by atomic mass is 10.1. The third-order valence-corrected chi connectivity index (χ3v) is 4.06. The number of aromatic amines is 1. The Morgan fingerprint density at radius 1 is 1.31 bits per heavy atom. The van der Waals surface area contributed by atoms with Crippen molar-refractivity contribution in [3.63, 3.8) is 0 Å². The Labute approximate surface area is 148 Å². The zero-order valence-corrected chi connectivity index (χ0v) is 14.5. The Balaban J connectivity index is 1.77. The molecule has 26 heavy (non-hydrogen) atoms. The SMILES string of the molecule is CCCCn1c(=O)[nH]c2nc(NCCc3cccc(F)c3)ncc2c1=O. The van der Waals surface area contributed by atoms with Crippen LogP contribution in [-0.4, -0.2) is 26.1 Å². The van der Waals surface area contributed by atoms with Gasteiger partial charge in [0.05, 0.1) is 0 Å². The molecule has 0 amide bonds. The molecular weight excluding hydrogens is 337 g/mol. The topological polar surface area (TPSA) is 92.7 Å². The number of anilines is 1. The number of fused-ring (bicyclic) bond motifs is 1. The van der Waals surface area contributed by atoms with E-state index in [1.54, 1.807) is 6.07 Å². The van der Waals surface area contributed by atoms with E-state index in [2.05, 4.69) is 20.3 Å². The number of nitrogens with zero attached hydrogens (tertiary/aromatic N) is 3. The lowest BCUT2D eigenvalue weighted by molar-refractivity contribution is 0.588. The van der Waals surface area contributed by atoms with Gasteiger partial charge in [-0.1, -0.05) is 25.5 Å². The number of benzene rings is 1. The van der Waals surface area contributed by atoms with E-state index in [9.17, 15) is 14.0 Å². The van der Waals surface area contributed by atoms with Crippen molar-refractivity contribution in [3.8, 4) is 0 Å². The molecule has 2 N–H and O–H groups in total. The quantitative estimate of drug-likeness (QED) is 0.675. The third kappa shape index (κ3) is 3.96. The lowest BCUT2D eigenvalue weighted by Crippen LogP contribution is -2.35. The molecule has 0 saturated carbocycles. The fourth-order valence-electron chi connectivity index (χ4n) is 2.66. The zero-order chi connectivity index (χ0) is 18.5. The highest BCUT2D eigenvalue weighted by molar-refractivity contribution is 5.73. The van der Waals surface area contributed by atoms with Crippen molar-refractivity contribution in [2.45, 2.75) is 32.7 Å². The van der Waals surface area contributed by atoms with Gasteiger partial charge in [0.2, 0.25) is 5.95 Å². The van der Waals surface area contributed by atoms with Gasteiger partial charge in [0.15, 0.2) is 5.65 Å². The molecule has 1 aromatic carbocycles. The van der Waals surface area contributed by atoms with Crippen LogP contribution < -0.4 is 16.6 Å². The second kappa shape index (κ2) is 7.90. The second-order valence-electron chi connectivity index (χ2n) is 6.00. The van der Waals surface area contributed by atoms with Gasteiger partial charge in [0.25, 0.3) is 5.56 Å². The minimum atomic E-state index is -0.472. The molecule has 0 spiro atoms. The van der Waals surface area contributed by atoms with E-state index in [-0.39, 0.29) is 22.4 Å². The number of H-pyrrole nitrogens is 1. The van der Waals surface area contributed by atoms with Crippen molar-refractivity contribution in [2.24, 2.45) is 0 Å². The Morgan fingerprint density at radius 2 is 2.15 bits per heavy atom. The molecule has 2 aromatic heterocycles. The monoisotopic (exact) mass is 357 g/mol. The van der Waals surface area contributed by atoms with Gasteiger partial charge in [-0.2, -0.15) is 4.98 Å². The fourth-order valence-corrected chi connectivity index (χ4v) is 2.66. The maximum Gasteiger partial charge on any atom is 0.329 e. The van der Waals surface area contributed by atoms with Crippen LogP contribution in [0.15, 0.2) is 40.1 Å². The van der Waals surface area contributed by atoms with Gasteiger partial charge < -0.3 is 5.32 Å². The third-order valence-electron chi connectivity index (χ3n) is 4.06. The Kier molecular flexibility index (Phi) is 5.40. The van der Waals surface area contributed by atoms with Crippen molar-refractivity contribution in [1.82, 2.24) is 19.5 Å². The molecule has 2 heterocycles. The molecular formula is C18H20FN5O2. The molecule has 136 valence electrons.